The van der Waals surface area contributed by atoms with Gasteiger partial charge in [0.15, 0.2) is 0 Å². The SMILES string of the molecule is CCN1CCO[C@H](COCCCNC(C)C)C1. The highest BCUT2D eigenvalue weighted by molar-refractivity contribution is 4.69. The summed E-state index contributed by atoms with van der Waals surface area (Å²) in [4.78, 5) is 2.41. The molecule has 0 spiro atoms. The van der Waals surface area contributed by atoms with Gasteiger partial charge in [0.2, 0.25) is 0 Å². The lowest BCUT2D eigenvalue weighted by Gasteiger charge is -2.31. The Morgan fingerprint density at radius 2 is 2.29 bits per heavy atom. The van der Waals surface area contributed by atoms with Gasteiger partial charge in [-0.1, -0.05) is 20.8 Å². The number of rotatable bonds is 8. The van der Waals surface area contributed by atoms with Gasteiger partial charge < -0.3 is 14.8 Å². The first-order chi connectivity index (χ1) is 8.22. The number of hydrogen-bond acceptors (Lipinski definition) is 4. The summed E-state index contributed by atoms with van der Waals surface area (Å²) < 4.78 is 11.3. The average molecular weight is 244 g/mol. The van der Waals surface area contributed by atoms with Gasteiger partial charge >= 0.3 is 0 Å². The molecule has 1 saturated heterocycles. The second-order valence-corrected chi connectivity index (χ2v) is 4.92. The minimum absolute atomic E-state index is 0.266. The standard InChI is InChI=1S/C13H28N2O2/c1-4-15-7-9-17-13(10-15)11-16-8-5-6-14-12(2)3/h12-14H,4-11H2,1-3H3/t13-/m0/s1. The van der Waals surface area contributed by atoms with Crippen molar-refractivity contribution in [2.75, 3.05) is 46.0 Å². The van der Waals surface area contributed by atoms with Gasteiger partial charge in [0.05, 0.1) is 19.3 Å². The van der Waals surface area contributed by atoms with Crippen LogP contribution in [-0.2, 0) is 9.47 Å². The molecular weight excluding hydrogens is 216 g/mol. The van der Waals surface area contributed by atoms with Crippen LogP contribution in [0.4, 0.5) is 0 Å². The first kappa shape index (κ1) is 14.9. The zero-order chi connectivity index (χ0) is 12.5. The second kappa shape index (κ2) is 8.86. The lowest BCUT2D eigenvalue weighted by Crippen LogP contribution is -2.44. The van der Waals surface area contributed by atoms with Crippen molar-refractivity contribution < 1.29 is 9.47 Å². The topological polar surface area (TPSA) is 33.7 Å². The van der Waals surface area contributed by atoms with Gasteiger partial charge in [0, 0.05) is 25.7 Å². The van der Waals surface area contributed by atoms with Gasteiger partial charge in [-0.05, 0) is 19.5 Å². The molecule has 0 radical (unpaired) electrons. The van der Waals surface area contributed by atoms with Crippen molar-refractivity contribution in [3.63, 3.8) is 0 Å². The smallest absolute Gasteiger partial charge is 0.0935 e. The highest BCUT2D eigenvalue weighted by atomic mass is 16.5. The largest absolute Gasteiger partial charge is 0.379 e. The molecule has 1 atom stereocenters. The third-order valence-corrected chi connectivity index (χ3v) is 2.99. The van der Waals surface area contributed by atoms with Crippen molar-refractivity contribution in [3.05, 3.63) is 0 Å². The van der Waals surface area contributed by atoms with Crippen LogP contribution in [0.15, 0.2) is 0 Å². The Hall–Kier alpha value is -0.160. The number of nitrogens with one attached hydrogen (secondary N) is 1. The minimum atomic E-state index is 0.266. The molecule has 1 fully saturated rings. The molecule has 4 heteroatoms. The fourth-order valence-electron chi connectivity index (χ4n) is 1.95. The summed E-state index contributed by atoms with van der Waals surface area (Å²) in [6.07, 6.45) is 1.34. The van der Waals surface area contributed by atoms with Crippen LogP contribution >= 0.6 is 0 Å². The number of likely N-dealkylation sites (N-methyl/N-ethyl adjacent to an activating group) is 1. The van der Waals surface area contributed by atoms with E-state index in [0.717, 1.165) is 52.4 Å². The summed E-state index contributed by atoms with van der Waals surface area (Å²) in [5.41, 5.74) is 0. The van der Waals surface area contributed by atoms with E-state index in [1.54, 1.807) is 0 Å². The van der Waals surface area contributed by atoms with E-state index in [4.69, 9.17) is 9.47 Å². The van der Waals surface area contributed by atoms with E-state index >= 15 is 0 Å². The zero-order valence-electron chi connectivity index (χ0n) is 11.6. The molecule has 1 rings (SSSR count). The summed E-state index contributed by atoms with van der Waals surface area (Å²) in [7, 11) is 0. The Morgan fingerprint density at radius 3 is 3.00 bits per heavy atom. The van der Waals surface area contributed by atoms with Gasteiger partial charge in [0.25, 0.3) is 0 Å². The van der Waals surface area contributed by atoms with Crippen molar-refractivity contribution in [1.82, 2.24) is 10.2 Å². The Kier molecular flexibility index (Phi) is 7.77. The molecule has 4 nitrogen and oxygen atoms in total. The van der Waals surface area contributed by atoms with Crippen LogP contribution in [0.5, 0.6) is 0 Å². The summed E-state index contributed by atoms with van der Waals surface area (Å²) >= 11 is 0. The third kappa shape index (κ3) is 6.99. The van der Waals surface area contributed by atoms with Crippen LogP contribution in [0, 0.1) is 0 Å². The van der Waals surface area contributed by atoms with Crippen LogP contribution in [0.1, 0.15) is 27.2 Å². The van der Waals surface area contributed by atoms with E-state index in [1.165, 1.54) is 0 Å². The van der Waals surface area contributed by atoms with Crippen LogP contribution in [0.3, 0.4) is 0 Å². The van der Waals surface area contributed by atoms with E-state index in [1.807, 2.05) is 0 Å². The monoisotopic (exact) mass is 244 g/mol. The zero-order valence-corrected chi connectivity index (χ0v) is 11.6. The molecule has 0 amide bonds. The van der Waals surface area contributed by atoms with Gasteiger partial charge in [0.1, 0.15) is 0 Å². The van der Waals surface area contributed by atoms with Gasteiger partial charge in [-0.3, -0.25) is 4.90 Å². The molecule has 0 aromatic rings. The maximum absolute atomic E-state index is 5.67. The third-order valence-electron chi connectivity index (χ3n) is 2.99. The first-order valence-corrected chi connectivity index (χ1v) is 6.87. The minimum Gasteiger partial charge on any atom is -0.379 e. The molecule has 102 valence electrons. The van der Waals surface area contributed by atoms with E-state index < -0.39 is 0 Å². The Bertz CT molecular complexity index is 188. The molecule has 1 aliphatic rings. The van der Waals surface area contributed by atoms with E-state index in [9.17, 15) is 0 Å². The van der Waals surface area contributed by atoms with E-state index in [-0.39, 0.29) is 6.10 Å². The molecule has 0 aromatic heterocycles. The summed E-state index contributed by atoms with van der Waals surface area (Å²) in [6, 6.07) is 0.565. The molecule has 0 aliphatic carbocycles. The number of hydrogen-bond donors (Lipinski definition) is 1. The predicted molar refractivity (Wildman–Crippen MR) is 70.4 cm³/mol. The van der Waals surface area contributed by atoms with Crippen molar-refractivity contribution in [3.8, 4) is 0 Å². The fourth-order valence-corrected chi connectivity index (χ4v) is 1.95. The number of morpholine rings is 1. The highest BCUT2D eigenvalue weighted by Gasteiger charge is 2.18. The number of ether oxygens (including phenoxy) is 2. The number of nitrogens with zero attached hydrogens (tertiary/aromatic N) is 1. The lowest BCUT2D eigenvalue weighted by atomic mass is 10.3. The van der Waals surface area contributed by atoms with E-state index in [2.05, 4.69) is 31.0 Å². The molecule has 0 unspecified atom stereocenters. The predicted octanol–water partition coefficient (Wildman–Crippen LogP) is 1.11. The van der Waals surface area contributed by atoms with Crippen molar-refractivity contribution in [1.29, 1.82) is 0 Å². The molecule has 0 aromatic carbocycles. The van der Waals surface area contributed by atoms with Crippen molar-refractivity contribution >= 4 is 0 Å². The Labute approximate surface area is 106 Å². The van der Waals surface area contributed by atoms with Crippen molar-refractivity contribution in [2.45, 2.75) is 39.3 Å². The molecule has 0 bridgehead atoms. The van der Waals surface area contributed by atoms with Gasteiger partial charge in [-0.15, -0.1) is 0 Å². The highest BCUT2D eigenvalue weighted by Crippen LogP contribution is 2.05. The quantitative estimate of drug-likeness (QED) is 0.649. The van der Waals surface area contributed by atoms with Gasteiger partial charge in [-0.25, -0.2) is 0 Å². The maximum atomic E-state index is 5.67. The maximum Gasteiger partial charge on any atom is 0.0935 e. The molecule has 17 heavy (non-hydrogen) atoms. The summed E-state index contributed by atoms with van der Waals surface area (Å²) in [6.45, 7) is 13.1. The fraction of sp³-hybridized carbons (Fsp3) is 1.00. The Morgan fingerprint density at radius 1 is 1.47 bits per heavy atom. The molecule has 0 saturated carbocycles. The van der Waals surface area contributed by atoms with Crippen molar-refractivity contribution in [2.24, 2.45) is 0 Å². The summed E-state index contributed by atoms with van der Waals surface area (Å²) in [5, 5.41) is 3.38. The summed E-state index contributed by atoms with van der Waals surface area (Å²) in [5.74, 6) is 0. The Balaban J connectivity index is 1.95. The van der Waals surface area contributed by atoms with Crippen LogP contribution in [0.2, 0.25) is 0 Å². The van der Waals surface area contributed by atoms with Gasteiger partial charge in [-0.2, -0.15) is 0 Å². The molecule has 1 aliphatic heterocycles. The van der Waals surface area contributed by atoms with Crippen LogP contribution in [-0.4, -0.2) is 63.0 Å². The normalized spacial score (nSPS) is 22.2. The first-order valence-electron chi connectivity index (χ1n) is 6.87. The average Bonchev–Trinajstić information content (AvgIpc) is 2.33. The second-order valence-electron chi connectivity index (χ2n) is 4.92. The molecular formula is C13H28N2O2. The van der Waals surface area contributed by atoms with E-state index in [0.29, 0.717) is 6.04 Å². The lowest BCUT2D eigenvalue weighted by molar-refractivity contribution is -0.0680. The van der Waals surface area contributed by atoms with Crippen LogP contribution < -0.4 is 5.32 Å². The molecule has 1 N–H and O–H groups in total. The molecule has 1 heterocycles. The van der Waals surface area contributed by atoms with Crippen LogP contribution in [0.25, 0.3) is 0 Å².